The van der Waals surface area contributed by atoms with Gasteiger partial charge in [-0.2, -0.15) is 0 Å². The Kier molecular flexibility index (Phi) is 7.36. The fourth-order valence-corrected chi connectivity index (χ4v) is 2.91. The number of rotatable bonds is 7. The van der Waals surface area contributed by atoms with E-state index in [1.807, 2.05) is 25.3 Å². The molecule has 1 atom stereocenters. The first-order chi connectivity index (χ1) is 12.9. The highest BCUT2D eigenvalue weighted by molar-refractivity contribution is 7.12. The predicted molar refractivity (Wildman–Crippen MR) is 106 cm³/mol. The summed E-state index contributed by atoms with van der Waals surface area (Å²) in [4.78, 5) is 36.7. The van der Waals surface area contributed by atoms with Gasteiger partial charge < -0.3 is 20.7 Å². The maximum atomic E-state index is 12.5. The van der Waals surface area contributed by atoms with E-state index >= 15 is 0 Å². The number of benzene rings is 1. The van der Waals surface area contributed by atoms with E-state index in [-0.39, 0.29) is 24.3 Å². The Bertz CT molecular complexity index is 773. The van der Waals surface area contributed by atoms with Crippen molar-refractivity contribution in [3.63, 3.8) is 0 Å². The molecule has 2 rings (SSSR count). The van der Waals surface area contributed by atoms with Gasteiger partial charge in [-0.3, -0.25) is 9.59 Å². The van der Waals surface area contributed by atoms with Crippen LogP contribution in [0.25, 0.3) is 0 Å². The molecule has 1 aromatic heterocycles. The molecule has 144 valence electrons. The molecule has 3 amide bonds. The van der Waals surface area contributed by atoms with Crippen molar-refractivity contribution < 1.29 is 19.1 Å². The summed E-state index contributed by atoms with van der Waals surface area (Å²) in [5, 5.41) is 9.95. The number of nitrogens with one attached hydrogen (secondary N) is 3. The molecule has 0 saturated heterocycles. The highest BCUT2D eigenvalue weighted by atomic mass is 32.1. The van der Waals surface area contributed by atoms with Gasteiger partial charge in [0, 0.05) is 11.4 Å². The summed E-state index contributed by atoms with van der Waals surface area (Å²) in [7, 11) is 0. The molecule has 0 spiro atoms. The van der Waals surface area contributed by atoms with Crippen LogP contribution in [0.3, 0.4) is 0 Å². The molecule has 0 radical (unpaired) electrons. The topological polar surface area (TPSA) is 96.5 Å². The maximum Gasteiger partial charge on any atom is 0.407 e. The first kappa shape index (κ1) is 20.4. The zero-order valence-corrected chi connectivity index (χ0v) is 16.3. The molecule has 0 saturated carbocycles. The van der Waals surface area contributed by atoms with Crippen LogP contribution >= 0.6 is 11.3 Å². The molecule has 7 nitrogen and oxygen atoms in total. The molecule has 1 aromatic carbocycles. The van der Waals surface area contributed by atoms with Crippen LogP contribution in [-0.2, 0) is 9.53 Å². The smallest absolute Gasteiger partial charge is 0.407 e. The molecular formula is C19H23N3O4S. The lowest BCUT2D eigenvalue weighted by molar-refractivity contribution is -0.119. The summed E-state index contributed by atoms with van der Waals surface area (Å²) in [6.45, 7) is 5.60. The molecule has 3 N–H and O–H groups in total. The molecule has 27 heavy (non-hydrogen) atoms. The van der Waals surface area contributed by atoms with Crippen LogP contribution in [0.4, 0.5) is 16.2 Å². The largest absolute Gasteiger partial charge is 0.450 e. The van der Waals surface area contributed by atoms with Gasteiger partial charge in [-0.05, 0) is 48.6 Å². The highest BCUT2D eigenvalue weighted by Crippen LogP contribution is 2.17. The van der Waals surface area contributed by atoms with E-state index in [2.05, 4.69) is 16.0 Å². The first-order valence-electron chi connectivity index (χ1n) is 8.59. The van der Waals surface area contributed by atoms with Crippen LogP contribution in [0, 0.1) is 5.92 Å². The van der Waals surface area contributed by atoms with Crippen molar-refractivity contribution >= 4 is 40.6 Å². The zero-order chi connectivity index (χ0) is 19.8. The maximum absolute atomic E-state index is 12.5. The number of hydrogen-bond acceptors (Lipinski definition) is 5. The zero-order valence-electron chi connectivity index (χ0n) is 15.4. The minimum atomic E-state index is -0.720. The minimum absolute atomic E-state index is 0.112. The molecule has 8 heteroatoms. The van der Waals surface area contributed by atoms with Crippen molar-refractivity contribution in [3.8, 4) is 0 Å². The third kappa shape index (κ3) is 6.10. The summed E-state index contributed by atoms with van der Waals surface area (Å²) in [6.07, 6.45) is -0.627. The summed E-state index contributed by atoms with van der Waals surface area (Å²) < 4.78 is 4.84. The van der Waals surface area contributed by atoms with Gasteiger partial charge >= 0.3 is 6.09 Å². The number of amides is 3. The predicted octanol–water partition coefficient (Wildman–Crippen LogP) is 3.71. The number of thiophene rings is 1. The van der Waals surface area contributed by atoms with E-state index in [0.29, 0.717) is 16.3 Å². The molecule has 1 unspecified atom stereocenters. The normalized spacial score (nSPS) is 11.6. The SMILES string of the molecule is CCOC(=O)NC(C(=O)Nc1ccc(NC(=O)c2cccs2)cc1)C(C)C. The van der Waals surface area contributed by atoms with Crippen molar-refractivity contribution in [2.75, 3.05) is 17.2 Å². The van der Waals surface area contributed by atoms with Gasteiger partial charge in [0.1, 0.15) is 6.04 Å². The van der Waals surface area contributed by atoms with Gasteiger partial charge in [-0.25, -0.2) is 4.79 Å². The lowest BCUT2D eigenvalue weighted by Crippen LogP contribution is -2.47. The fourth-order valence-electron chi connectivity index (χ4n) is 2.29. The van der Waals surface area contributed by atoms with E-state index in [1.165, 1.54) is 11.3 Å². The van der Waals surface area contributed by atoms with Crippen LogP contribution in [0.1, 0.15) is 30.4 Å². The summed E-state index contributed by atoms with van der Waals surface area (Å²) in [5.41, 5.74) is 1.18. The van der Waals surface area contributed by atoms with Crippen molar-refractivity contribution in [2.45, 2.75) is 26.8 Å². The number of hydrogen-bond donors (Lipinski definition) is 3. The van der Waals surface area contributed by atoms with E-state index in [9.17, 15) is 14.4 Å². The summed E-state index contributed by atoms with van der Waals surface area (Å²) in [5.74, 6) is -0.632. The van der Waals surface area contributed by atoms with E-state index in [0.717, 1.165) is 0 Å². The van der Waals surface area contributed by atoms with Gasteiger partial charge in [-0.15, -0.1) is 11.3 Å². The second kappa shape index (κ2) is 9.72. The standard InChI is InChI=1S/C19H23N3O4S/c1-4-26-19(25)22-16(12(2)3)18(24)21-14-9-7-13(8-10-14)20-17(23)15-6-5-11-27-15/h5-12,16H,4H2,1-3H3,(H,20,23)(H,21,24)(H,22,25). The lowest BCUT2D eigenvalue weighted by Gasteiger charge is -2.21. The van der Waals surface area contributed by atoms with Crippen LogP contribution in [0.5, 0.6) is 0 Å². The second-order valence-electron chi connectivity index (χ2n) is 6.08. The average Bonchev–Trinajstić information content (AvgIpc) is 3.16. The Balaban J connectivity index is 1.96. The third-order valence-electron chi connectivity index (χ3n) is 3.65. The van der Waals surface area contributed by atoms with Crippen LogP contribution in [0.15, 0.2) is 41.8 Å². The highest BCUT2D eigenvalue weighted by Gasteiger charge is 2.24. The molecule has 2 aromatic rings. The van der Waals surface area contributed by atoms with Crippen molar-refractivity contribution in [1.82, 2.24) is 5.32 Å². The van der Waals surface area contributed by atoms with E-state index in [1.54, 1.807) is 37.3 Å². The Morgan fingerprint density at radius 2 is 1.67 bits per heavy atom. The number of ether oxygens (including phenoxy) is 1. The van der Waals surface area contributed by atoms with Crippen molar-refractivity contribution in [3.05, 3.63) is 46.7 Å². The third-order valence-corrected chi connectivity index (χ3v) is 4.52. The summed E-state index contributed by atoms with van der Waals surface area (Å²) in [6, 6.07) is 9.61. The van der Waals surface area contributed by atoms with Gasteiger partial charge in [0.2, 0.25) is 5.91 Å². The van der Waals surface area contributed by atoms with E-state index < -0.39 is 12.1 Å². The molecule has 0 aliphatic carbocycles. The molecule has 0 aliphatic rings. The lowest BCUT2D eigenvalue weighted by atomic mass is 10.0. The number of anilines is 2. The summed E-state index contributed by atoms with van der Waals surface area (Å²) >= 11 is 1.36. The Hall–Kier alpha value is -2.87. The van der Waals surface area contributed by atoms with Gasteiger partial charge in [0.15, 0.2) is 0 Å². The number of alkyl carbamates (subject to hydrolysis) is 1. The quantitative estimate of drug-likeness (QED) is 0.672. The fraction of sp³-hybridized carbons (Fsp3) is 0.316. The van der Waals surface area contributed by atoms with Crippen molar-refractivity contribution in [1.29, 1.82) is 0 Å². The van der Waals surface area contributed by atoms with Gasteiger partial charge in [0.05, 0.1) is 11.5 Å². The van der Waals surface area contributed by atoms with Gasteiger partial charge in [-0.1, -0.05) is 19.9 Å². The molecule has 1 heterocycles. The minimum Gasteiger partial charge on any atom is -0.450 e. The number of carbonyl (C=O) groups is 3. The number of carbonyl (C=O) groups excluding carboxylic acids is 3. The molecule has 0 fully saturated rings. The molecule has 0 bridgehead atoms. The van der Waals surface area contributed by atoms with Crippen LogP contribution in [0.2, 0.25) is 0 Å². The average molecular weight is 389 g/mol. The Morgan fingerprint density at radius 1 is 1.04 bits per heavy atom. The first-order valence-corrected chi connectivity index (χ1v) is 9.47. The molecular weight excluding hydrogens is 366 g/mol. The Morgan fingerprint density at radius 3 is 2.19 bits per heavy atom. The van der Waals surface area contributed by atoms with E-state index in [4.69, 9.17) is 4.74 Å². The van der Waals surface area contributed by atoms with Gasteiger partial charge in [0.25, 0.3) is 5.91 Å². The monoisotopic (exact) mass is 389 g/mol. The second-order valence-corrected chi connectivity index (χ2v) is 7.03. The molecule has 0 aliphatic heterocycles. The van der Waals surface area contributed by atoms with Crippen molar-refractivity contribution in [2.24, 2.45) is 5.92 Å². The van der Waals surface area contributed by atoms with Crippen LogP contribution < -0.4 is 16.0 Å². The van der Waals surface area contributed by atoms with Crippen LogP contribution in [-0.4, -0.2) is 30.6 Å². The Labute approximate surface area is 162 Å².